The third-order valence-corrected chi connectivity index (χ3v) is 4.48. The van der Waals surface area contributed by atoms with E-state index in [1.807, 2.05) is 20.8 Å². The summed E-state index contributed by atoms with van der Waals surface area (Å²) in [4.78, 5) is 11.6. The van der Waals surface area contributed by atoms with Crippen LogP contribution in [0, 0.1) is 0 Å². The smallest absolute Gasteiger partial charge is 0.306 e. The topological polar surface area (TPSA) is 46.5 Å². The molecule has 1 unspecified atom stereocenters. The molecule has 0 rings (SSSR count). The Labute approximate surface area is 156 Å². The van der Waals surface area contributed by atoms with E-state index < -0.39 is 0 Å². The number of hydrogen-bond acceptors (Lipinski definition) is 3. The van der Waals surface area contributed by atoms with Crippen LogP contribution in [0.4, 0.5) is 0 Å². The molecular formula is C22H44O3. The van der Waals surface area contributed by atoms with Crippen LogP contribution in [0.3, 0.4) is 0 Å². The molecule has 0 aliphatic heterocycles. The Balaban J connectivity index is 3.31. The molecular weight excluding hydrogens is 312 g/mol. The standard InChI is InChI=1S/C22H44O3/c1-5-6-7-8-11-14-17-20(23)18-15-12-9-10-13-16-19-21(24)25-22(2,3)4/h20,23H,5-19H2,1-4H3. The predicted molar refractivity (Wildman–Crippen MR) is 107 cm³/mol. The van der Waals surface area contributed by atoms with Gasteiger partial charge in [-0.1, -0.05) is 77.6 Å². The number of carbonyl (C=O) groups excluding carboxylic acids is 1. The Morgan fingerprint density at radius 3 is 1.72 bits per heavy atom. The van der Waals surface area contributed by atoms with Crippen LogP contribution >= 0.6 is 0 Å². The lowest BCUT2D eigenvalue weighted by atomic mass is 10.0. The fraction of sp³-hybridized carbons (Fsp3) is 0.955. The maximum absolute atomic E-state index is 11.6. The zero-order valence-electron chi connectivity index (χ0n) is 17.4. The highest BCUT2D eigenvalue weighted by atomic mass is 16.6. The Bertz CT molecular complexity index is 307. The Morgan fingerprint density at radius 1 is 0.800 bits per heavy atom. The second-order valence-corrected chi connectivity index (χ2v) is 8.46. The SMILES string of the molecule is CCCCCCCCC(O)CCCCCCCCC(=O)OC(C)(C)C. The minimum Gasteiger partial charge on any atom is -0.460 e. The number of carbonyl (C=O) groups is 1. The maximum Gasteiger partial charge on any atom is 0.306 e. The van der Waals surface area contributed by atoms with Crippen molar-refractivity contribution in [1.29, 1.82) is 0 Å². The number of esters is 1. The molecule has 150 valence electrons. The molecule has 3 nitrogen and oxygen atoms in total. The molecule has 0 aliphatic rings. The van der Waals surface area contributed by atoms with Crippen LogP contribution in [0.15, 0.2) is 0 Å². The minimum atomic E-state index is -0.368. The van der Waals surface area contributed by atoms with Gasteiger partial charge in [0.15, 0.2) is 0 Å². The lowest BCUT2D eigenvalue weighted by Crippen LogP contribution is -2.23. The van der Waals surface area contributed by atoms with Crippen LogP contribution < -0.4 is 0 Å². The molecule has 0 aromatic carbocycles. The summed E-state index contributed by atoms with van der Waals surface area (Å²) in [6, 6.07) is 0. The molecule has 25 heavy (non-hydrogen) atoms. The van der Waals surface area contributed by atoms with Crippen molar-refractivity contribution in [1.82, 2.24) is 0 Å². The minimum absolute atomic E-state index is 0.0784. The molecule has 0 aliphatic carbocycles. The first-order valence-corrected chi connectivity index (χ1v) is 10.7. The summed E-state index contributed by atoms with van der Waals surface area (Å²) < 4.78 is 5.30. The average molecular weight is 357 g/mol. The van der Waals surface area contributed by atoms with Gasteiger partial charge >= 0.3 is 5.97 Å². The lowest BCUT2D eigenvalue weighted by Gasteiger charge is -2.19. The molecule has 1 atom stereocenters. The maximum atomic E-state index is 11.6. The van der Waals surface area contributed by atoms with E-state index in [9.17, 15) is 9.90 Å². The van der Waals surface area contributed by atoms with Crippen molar-refractivity contribution in [2.45, 2.75) is 136 Å². The van der Waals surface area contributed by atoms with E-state index >= 15 is 0 Å². The van der Waals surface area contributed by atoms with Gasteiger partial charge in [-0.25, -0.2) is 0 Å². The first-order chi connectivity index (χ1) is 11.8. The average Bonchev–Trinajstić information content (AvgIpc) is 2.51. The largest absolute Gasteiger partial charge is 0.460 e. The monoisotopic (exact) mass is 356 g/mol. The number of rotatable bonds is 16. The number of unbranched alkanes of at least 4 members (excludes halogenated alkanes) is 10. The van der Waals surface area contributed by atoms with E-state index in [-0.39, 0.29) is 17.7 Å². The van der Waals surface area contributed by atoms with E-state index in [1.165, 1.54) is 57.8 Å². The fourth-order valence-electron chi connectivity index (χ4n) is 3.05. The van der Waals surface area contributed by atoms with Gasteiger partial charge in [-0.3, -0.25) is 4.79 Å². The molecule has 0 saturated heterocycles. The predicted octanol–water partition coefficient (Wildman–Crippen LogP) is 6.56. The molecule has 1 N–H and O–H groups in total. The van der Waals surface area contributed by atoms with Crippen molar-refractivity contribution >= 4 is 5.97 Å². The third kappa shape index (κ3) is 19.6. The molecule has 0 heterocycles. The van der Waals surface area contributed by atoms with E-state index in [2.05, 4.69) is 6.92 Å². The van der Waals surface area contributed by atoms with Gasteiger partial charge in [-0.15, -0.1) is 0 Å². The zero-order chi connectivity index (χ0) is 19.0. The van der Waals surface area contributed by atoms with Crippen LogP contribution in [-0.4, -0.2) is 22.8 Å². The van der Waals surface area contributed by atoms with Crippen LogP contribution in [0.5, 0.6) is 0 Å². The number of ether oxygens (including phenoxy) is 1. The quantitative estimate of drug-likeness (QED) is 0.251. The van der Waals surface area contributed by atoms with Gasteiger partial charge < -0.3 is 9.84 Å². The molecule has 0 aromatic heterocycles. The summed E-state index contributed by atoms with van der Waals surface area (Å²) in [5.74, 6) is -0.0784. The number of aliphatic hydroxyl groups excluding tert-OH is 1. The van der Waals surface area contributed by atoms with Crippen LogP contribution in [0.25, 0.3) is 0 Å². The van der Waals surface area contributed by atoms with Crippen LogP contribution in [0.1, 0.15) is 124 Å². The summed E-state index contributed by atoms with van der Waals surface area (Å²) in [6.45, 7) is 7.97. The Morgan fingerprint density at radius 2 is 1.24 bits per heavy atom. The summed E-state index contributed by atoms with van der Waals surface area (Å²) in [7, 11) is 0. The molecule has 0 spiro atoms. The van der Waals surface area contributed by atoms with Crippen molar-refractivity contribution in [2.24, 2.45) is 0 Å². The van der Waals surface area contributed by atoms with E-state index in [0.29, 0.717) is 6.42 Å². The van der Waals surface area contributed by atoms with Gasteiger partial charge in [0.1, 0.15) is 5.60 Å². The van der Waals surface area contributed by atoms with Crippen molar-refractivity contribution < 1.29 is 14.6 Å². The first-order valence-electron chi connectivity index (χ1n) is 10.7. The van der Waals surface area contributed by atoms with Crippen LogP contribution in [0.2, 0.25) is 0 Å². The summed E-state index contributed by atoms with van der Waals surface area (Å²) in [6.07, 6.45) is 16.9. The number of aliphatic hydroxyl groups is 1. The lowest BCUT2D eigenvalue weighted by molar-refractivity contribution is -0.154. The Kier molecular flexibility index (Phi) is 15.3. The van der Waals surface area contributed by atoms with E-state index in [1.54, 1.807) is 0 Å². The van der Waals surface area contributed by atoms with Gasteiger partial charge in [0.25, 0.3) is 0 Å². The van der Waals surface area contributed by atoms with Crippen molar-refractivity contribution in [3.8, 4) is 0 Å². The Hall–Kier alpha value is -0.570. The molecule has 0 bridgehead atoms. The highest BCUT2D eigenvalue weighted by molar-refractivity contribution is 5.69. The fourth-order valence-corrected chi connectivity index (χ4v) is 3.05. The normalized spacial score (nSPS) is 13.0. The summed E-state index contributed by atoms with van der Waals surface area (Å²) >= 11 is 0. The van der Waals surface area contributed by atoms with Crippen molar-refractivity contribution in [3.63, 3.8) is 0 Å². The molecule has 0 saturated carbocycles. The van der Waals surface area contributed by atoms with Gasteiger partial charge in [-0.2, -0.15) is 0 Å². The van der Waals surface area contributed by atoms with E-state index in [4.69, 9.17) is 4.74 Å². The molecule has 0 amide bonds. The molecule has 0 fully saturated rings. The molecule has 0 aromatic rings. The van der Waals surface area contributed by atoms with Gasteiger partial charge in [0.05, 0.1) is 6.10 Å². The van der Waals surface area contributed by atoms with Crippen LogP contribution in [-0.2, 0) is 9.53 Å². The van der Waals surface area contributed by atoms with Gasteiger partial charge in [0, 0.05) is 6.42 Å². The highest BCUT2D eigenvalue weighted by Gasteiger charge is 2.15. The van der Waals surface area contributed by atoms with Gasteiger partial charge in [0.2, 0.25) is 0 Å². The van der Waals surface area contributed by atoms with Gasteiger partial charge in [-0.05, 0) is 40.0 Å². The molecule has 3 heteroatoms. The third-order valence-electron chi connectivity index (χ3n) is 4.48. The molecule has 0 radical (unpaired) electrons. The highest BCUT2D eigenvalue weighted by Crippen LogP contribution is 2.15. The first kappa shape index (κ1) is 24.4. The second kappa shape index (κ2) is 15.7. The van der Waals surface area contributed by atoms with Crippen molar-refractivity contribution in [3.05, 3.63) is 0 Å². The summed E-state index contributed by atoms with van der Waals surface area (Å²) in [5.41, 5.74) is -0.368. The second-order valence-electron chi connectivity index (χ2n) is 8.46. The van der Waals surface area contributed by atoms with Crippen molar-refractivity contribution in [2.75, 3.05) is 0 Å². The number of hydrogen-bond donors (Lipinski definition) is 1. The summed E-state index contributed by atoms with van der Waals surface area (Å²) in [5, 5.41) is 10.00. The zero-order valence-corrected chi connectivity index (χ0v) is 17.4. The van der Waals surface area contributed by atoms with E-state index in [0.717, 1.165) is 32.1 Å².